The lowest BCUT2D eigenvalue weighted by molar-refractivity contribution is 0.0635. The van der Waals surface area contributed by atoms with Crippen molar-refractivity contribution in [2.75, 3.05) is 5.32 Å². The van der Waals surface area contributed by atoms with Crippen molar-refractivity contribution in [3.63, 3.8) is 0 Å². The molecular formula is C16H23NO3. The standard InChI is InChI=1S/C16H23NO3/c1-6-11(2)13-8-7-12(10-18)9-14(13)17-15(19)20-16(3,4)5/h7-11H,6H2,1-5H3,(H,17,19). The average Bonchev–Trinajstić information content (AvgIpc) is 2.35. The van der Waals surface area contributed by atoms with E-state index in [9.17, 15) is 9.59 Å². The van der Waals surface area contributed by atoms with Gasteiger partial charge in [0.25, 0.3) is 0 Å². The van der Waals surface area contributed by atoms with Gasteiger partial charge in [0, 0.05) is 11.3 Å². The van der Waals surface area contributed by atoms with E-state index in [0.29, 0.717) is 17.2 Å². The second-order valence-corrected chi connectivity index (χ2v) is 5.90. The van der Waals surface area contributed by atoms with Gasteiger partial charge in [0.2, 0.25) is 0 Å². The van der Waals surface area contributed by atoms with Gasteiger partial charge in [-0.15, -0.1) is 0 Å². The Kier molecular flexibility index (Phi) is 5.31. The third kappa shape index (κ3) is 4.68. The normalized spacial score (nSPS) is 12.7. The van der Waals surface area contributed by atoms with Crippen molar-refractivity contribution in [3.8, 4) is 0 Å². The monoisotopic (exact) mass is 277 g/mol. The molecule has 4 heteroatoms. The largest absolute Gasteiger partial charge is 0.444 e. The fourth-order valence-corrected chi connectivity index (χ4v) is 1.82. The fraction of sp³-hybridized carbons (Fsp3) is 0.500. The summed E-state index contributed by atoms with van der Waals surface area (Å²) in [6.07, 6.45) is 1.20. The lowest BCUT2D eigenvalue weighted by Gasteiger charge is -2.21. The summed E-state index contributed by atoms with van der Waals surface area (Å²) >= 11 is 0. The minimum atomic E-state index is -0.553. The maximum atomic E-state index is 11.9. The van der Waals surface area contributed by atoms with Crippen LogP contribution in [0.2, 0.25) is 0 Å². The molecular weight excluding hydrogens is 254 g/mol. The van der Waals surface area contributed by atoms with Gasteiger partial charge in [-0.05, 0) is 44.7 Å². The zero-order valence-electron chi connectivity index (χ0n) is 12.8. The molecule has 4 nitrogen and oxygen atoms in total. The summed E-state index contributed by atoms with van der Waals surface area (Å²) < 4.78 is 5.25. The zero-order valence-corrected chi connectivity index (χ0v) is 12.8. The predicted octanol–water partition coefficient (Wildman–Crippen LogP) is 4.36. The van der Waals surface area contributed by atoms with E-state index in [1.807, 2.05) is 26.8 Å². The number of ether oxygens (including phenoxy) is 1. The molecule has 0 heterocycles. The van der Waals surface area contributed by atoms with Gasteiger partial charge >= 0.3 is 6.09 Å². The molecule has 0 saturated carbocycles. The number of aldehydes is 1. The number of amides is 1. The van der Waals surface area contributed by atoms with Gasteiger partial charge in [0.15, 0.2) is 0 Å². The molecule has 0 aromatic heterocycles. The summed E-state index contributed by atoms with van der Waals surface area (Å²) in [5, 5.41) is 2.74. The molecule has 1 N–H and O–H groups in total. The smallest absolute Gasteiger partial charge is 0.412 e. The van der Waals surface area contributed by atoms with Crippen LogP contribution in [0.25, 0.3) is 0 Å². The highest BCUT2D eigenvalue weighted by Gasteiger charge is 2.18. The number of nitrogens with one attached hydrogen (secondary N) is 1. The van der Waals surface area contributed by atoms with Crippen LogP contribution in [0.5, 0.6) is 0 Å². The van der Waals surface area contributed by atoms with Crippen LogP contribution < -0.4 is 5.32 Å². The highest BCUT2D eigenvalue weighted by molar-refractivity contribution is 5.88. The first-order valence-corrected chi connectivity index (χ1v) is 6.86. The van der Waals surface area contributed by atoms with Gasteiger partial charge < -0.3 is 4.74 Å². The summed E-state index contributed by atoms with van der Waals surface area (Å²) in [6, 6.07) is 5.32. The van der Waals surface area contributed by atoms with Crippen molar-refractivity contribution in [2.24, 2.45) is 0 Å². The molecule has 0 spiro atoms. The van der Waals surface area contributed by atoms with Crippen molar-refractivity contribution in [1.29, 1.82) is 0 Å². The Balaban J connectivity index is 3.01. The first kappa shape index (κ1) is 16.2. The summed E-state index contributed by atoms with van der Waals surface area (Å²) in [5.74, 6) is 0.292. The lowest BCUT2D eigenvalue weighted by Crippen LogP contribution is -2.27. The Labute approximate surface area is 120 Å². The number of benzene rings is 1. The highest BCUT2D eigenvalue weighted by atomic mass is 16.6. The van der Waals surface area contributed by atoms with Crippen LogP contribution in [-0.2, 0) is 4.74 Å². The van der Waals surface area contributed by atoms with Crippen LogP contribution in [0.4, 0.5) is 10.5 Å². The van der Waals surface area contributed by atoms with E-state index >= 15 is 0 Å². The van der Waals surface area contributed by atoms with Crippen molar-refractivity contribution >= 4 is 18.1 Å². The molecule has 0 fully saturated rings. The van der Waals surface area contributed by atoms with E-state index in [1.165, 1.54) is 0 Å². The molecule has 1 amide bonds. The maximum Gasteiger partial charge on any atom is 0.412 e. The van der Waals surface area contributed by atoms with E-state index in [4.69, 9.17) is 4.74 Å². The molecule has 0 saturated heterocycles. The molecule has 0 radical (unpaired) electrons. The molecule has 1 unspecified atom stereocenters. The molecule has 110 valence electrons. The van der Waals surface area contributed by atoms with Gasteiger partial charge in [0.05, 0.1) is 0 Å². The number of anilines is 1. The SMILES string of the molecule is CCC(C)c1ccc(C=O)cc1NC(=O)OC(C)(C)C. The molecule has 1 atom stereocenters. The van der Waals surface area contributed by atoms with Gasteiger partial charge in [-0.3, -0.25) is 10.1 Å². The van der Waals surface area contributed by atoms with Crippen LogP contribution in [0.15, 0.2) is 18.2 Å². The molecule has 20 heavy (non-hydrogen) atoms. The Bertz CT molecular complexity index is 489. The Morgan fingerprint density at radius 3 is 2.55 bits per heavy atom. The molecule has 0 aliphatic rings. The van der Waals surface area contributed by atoms with E-state index in [2.05, 4.69) is 19.2 Å². The van der Waals surface area contributed by atoms with Crippen molar-refractivity contribution in [3.05, 3.63) is 29.3 Å². The Morgan fingerprint density at radius 2 is 2.05 bits per heavy atom. The minimum Gasteiger partial charge on any atom is -0.444 e. The van der Waals surface area contributed by atoms with Crippen molar-refractivity contribution < 1.29 is 14.3 Å². The first-order valence-electron chi connectivity index (χ1n) is 6.86. The molecule has 1 rings (SSSR count). The fourth-order valence-electron chi connectivity index (χ4n) is 1.82. The van der Waals surface area contributed by atoms with Crippen LogP contribution in [0.1, 0.15) is 62.9 Å². The topological polar surface area (TPSA) is 55.4 Å². The number of hydrogen-bond donors (Lipinski definition) is 1. The van der Waals surface area contributed by atoms with Crippen molar-refractivity contribution in [1.82, 2.24) is 0 Å². The van der Waals surface area contributed by atoms with E-state index < -0.39 is 11.7 Å². The van der Waals surface area contributed by atoms with Crippen LogP contribution >= 0.6 is 0 Å². The van der Waals surface area contributed by atoms with E-state index in [-0.39, 0.29) is 0 Å². The van der Waals surface area contributed by atoms with Gasteiger partial charge in [-0.25, -0.2) is 4.79 Å². The molecule has 0 aliphatic carbocycles. The minimum absolute atomic E-state index is 0.292. The van der Waals surface area contributed by atoms with Gasteiger partial charge in [0.1, 0.15) is 11.9 Å². The third-order valence-electron chi connectivity index (χ3n) is 2.99. The predicted molar refractivity (Wildman–Crippen MR) is 80.4 cm³/mol. The highest BCUT2D eigenvalue weighted by Crippen LogP contribution is 2.28. The van der Waals surface area contributed by atoms with Gasteiger partial charge in [-0.2, -0.15) is 0 Å². The maximum absolute atomic E-state index is 11.9. The Morgan fingerprint density at radius 1 is 1.40 bits per heavy atom. The number of rotatable bonds is 4. The average molecular weight is 277 g/mol. The second kappa shape index (κ2) is 6.55. The molecule has 1 aromatic carbocycles. The molecule has 1 aromatic rings. The molecule has 0 bridgehead atoms. The third-order valence-corrected chi connectivity index (χ3v) is 2.99. The molecule has 0 aliphatic heterocycles. The first-order chi connectivity index (χ1) is 9.26. The lowest BCUT2D eigenvalue weighted by atomic mass is 9.95. The summed E-state index contributed by atoms with van der Waals surface area (Å²) in [6.45, 7) is 9.59. The summed E-state index contributed by atoms with van der Waals surface area (Å²) in [5.41, 5.74) is 1.62. The Hall–Kier alpha value is -1.84. The number of carbonyl (C=O) groups is 2. The van der Waals surface area contributed by atoms with E-state index in [0.717, 1.165) is 18.3 Å². The zero-order chi connectivity index (χ0) is 15.3. The summed E-state index contributed by atoms with van der Waals surface area (Å²) in [4.78, 5) is 22.7. The van der Waals surface area contributed by atoms with Crippen LogP contribution in [-0.4, -0.2) is 18.0 Å². The quantitative estimate of drug-likeness (QED) is 0.832. The number of carbonyl (C=O) groups excluding carboxylic acids is 2. The van der Waals surface area contributed by atoms with Gasteiger partial charge in [-0.1, -0.05) is 26.0 Å². The summed E-state index contributed by atoms with van der Waals surface area (Å²) in [7, 11) is 0. The second-order valence-electron chi connectivity index (χ2n) is 5.90. The van der Waals surface area contributed by atoms with Crippen molar-refractivity contribution in [2.45, 2.75) is 52.6 Å². The number of hydrogen-bond acceptors (Lipinski definition) is 3. The van der Waals surface area contributed by atoms with Crippen LogP contribution in [0, 0.1) is 0 Å². The van der Waals surface area contributed by atoms with Crippen LogP contribution in [0.3, 0.4) is 0 Å². The van der Waals surface area contributed by atoms with E-state index in [1.54, 1.807) is 12.1 Å².